The topological polar surface area (TPSA) is 27.7 Å². The quantitative estimate of drug-likeness (QED) is 0.236. The predicted molar refractivity (Wildman–Crippen MR) is 101 cm³/mol. The van der Waals surface area contributed by atoms with Crippen LogP contribution in [-0.2, 0) is 14.2 Å². The van der Waals surface area contributed by atoms with E-state index in [0.717, 1.165) is 32.3 Å². The lowest BCUT2D eigenvalue weighted by molar-refractivity contribution is -0.216. The minimum Gasteiger partial charge on any atom is -0.385 e. The van der Waals surface area contributed by atoms with Crippen LogP contribution in [0, 0.1) is 5.92 Å². The molecule has 3 nitrogen and oxygen atoms in total. The lowest BCUT2D eigenvalue weighted by Crippen LogP contribution is -2.33. The fourth-order valence-electron chi connectivity index (χ4n) is 2.44. The van der Waals surface area contributed by atoms with Crippen molar-refractivity contribution in [2.24, 2.45) is 5.92 Å². The molecular formula is C20H42O3. The third-order valence-electron chi connectivity index (χ3n) is 3.97. The zero-order valence-electron chi connectivity index (χ0n) is 16.9. The van der Waals surface area contributed by atoms with Crippen molar-refractivity contribution in [2.45, 2.75) is 84.8 Å². The van der Waals surface area contributed by atoms with Gasteiger partial charge in [-0.1, -0.05) is 38.7 Å². The molecule has 0 aromatic heterocycles. The predicted octanol–water partition coefficient (Wildman–Crippen LogP) is 5.98. The van der Waals surface area contributed by atoms with E-state index in [1.165, 1.54) is 31.3 Å². The van der Waals surface area contributed by atoms with Crippen LogP contribution in [-0.4, -0.2) is 33.7 Å². The molecule has 1 atom stereocenters. The zero-order chi connectivity index (χ0) is 18.1. The van der Waals surface area contributed by atoms with E-state index in [4.69, 9.17) is 14.2 Å². The summed E-state index contributed by atoms with van der Waals surface area (Å²) in [7, 11) is 5.30. The molecule has 0 fully saturated rings. The van der Waals surface area contributed by atoms with Gasteiger partial charge in [-0.05, 0) is 39.0 Å². The fourth-order valence-corrected chi connectivity index (χ4v) is 2.44. The smallest absolute Gasteiger partial charge is 0.167 e. The summed E-state index contributed by atoms with van der Waals surface area (Å²) in [6, 6.07) is 0. The van der Waals surface area contributed by atoms with E-state index < -0.39 is 0 Å². The van der Waals surface area contributed by atoms with Gasteiger partial charge in [-0.15, -0.1) is 6.58 Å². The molecule has 0 aromatic carbocycles. The SMILES string of the molecule is C=C(C)C.CCCCCC(CCCC(C)CCOC)(OC)OC. The van der Waals surface area contributed by atoms with Gasteiger partial charge in [0.25, 0.3) is 0 Å². The number of rotatable bonds is 13. The maximum absolute atomic E-state index is 5.65. The van der Waals surface area contributed by atoms with Crippen LogP contribution in [0.2, 0.25) is 0 Å². The Morgan fingerprint density at radius 2 is 1.48 bits per heavy atom. The molecule has 0 heterocycles. The van der Waals surface area contributed by atoms with Crippen LogP contribution in [0.4, 0.5) is 0 Å². The normalized spacial score (nSPS) is 12.5. The molecule has 0 spiro atoms. The first-order valence-corrected chi connectivity index (χ1v) is 9.08. The molecule has 0 saturated heterocycles. The van der Waals surface area contributed by atoms with Gasteiger partial charge in [0.2, 0.25) is 0 Å². The van der Waals surface area contributed by atoms with Crippen molar-refractivity contribution >= 4 is 0 Å². The number of methoxy groups -OCH3 is 3. The maximum atomic E-state index is 5.65. The molecular weight excluding hydrogens is 288 g/mol. The summed E-state index contributed by atoms with van der Waals surface area (Å²) in [6.45, 7) is 12.9. The van der Waals surface area contributed by atoms with Crippen LogP contribution in [0.15, 0.2) is 12.2 Å². The summed E-state index contributed by atoms with van der Waals surface area (Å²) in [5.41, 5.74) is 1.17. The first-order chi connectivity index (χ1) is 10.9. The van der Waals surface area contributed by atoms with Gasteiger partial charge >= 0.3 is 0 Å². The van der Waals surface area contributed by atoms with E-state index in [1.54, 1.807) is 21.3 Å². The molecule has 0 radical (unpaired) electrons. The Morgan fingerprint density at radius 1 is 0.957 bits per heavy atom. The van der Waals surface area contributed by atoms with E-state index in [-0.39, 0.29) is 5.79 Å². The van der Waals surface area contributed by atoms with Gasteiger partial charge in [0.1, 0.15) is 0 Å². The van der Waals surface area contributed by atoms with Crippen LogP contribution in [0.5, 0.6) is 0 Å². The maximum Gasteiger partial charge on any atom is 0.167 e. The first-order valence-electron chi connectivity index (χ1n) is 9.08. The second kappa shape index (κ2) is 16.5. The van der Waals surface area contributed by atoms with E-state index in [9.17, 15) is 0 Å². The summed E-state index contributed by atoms with van der Waals surface area (Å²) in [6.07, 6.45) is 9.15. The first kappa shape index (κ1) is 24.9. The van der Waals surface area contributed by atoms with Crippen LogP contribution in [0.25, 0.3) is 0 Å². The molecule has 0 aliphatic carbocycles. The summed E-state index contributed by atoms with van der Waals surface area (Å²) in [5, 5.41) is 0. The summed E-state index contributed by atoms with van der Waals surface area (Å²) >= 11 is 0. The molecule has 0 bridgehead atoms. The molecule has 0 amide bonds. The van der Waals surface area contributed by atoms with E-state index >= 15 is 0 Å². The molecule has 0 saturated carbocycles. The third kappa shape index (κ3) is 16.3. The van der Waals surface area contributed by atoms with E-state index in [2.05, 4.69) is 20.4 Å². The lowest BCUT2D eigenvalue weighted by atomic mass is 9.96. The largest absolute Gasteiger partial charge is 0.385 e. The van der Waals surface area contributed by atoms with Crippen molar-refractivity contribution in [3.05, 3.63) is 12.2 Å². The van der Waals surface area contributed by atoms with Gasteiger partial charge in [-0.25, -0.2) is 0 Å². The van der Waals surface area contributed by atoms with Gasteiger partial charge in [0.15, 0.2) is 5.79 Å². The van der Waals surface area contributed by atoms with E-state index in [1.807, 2.05) is 13.8 Å². The number of hydrogen-bond acceptors (Lipinski definition) is 3. The Hall–Kier alpha value is -0.380. The van der Waals surface area contributed by atoms with Gasteiger partial charge < -0.3 is 14.2 Å². The molecule has 23 heavy (non-hydrogen) atoms. The Bertz CT molecular complexity index is 256. The molecule has 140 valence electrons. The molecule has 0 N–H and O–H groups in total. The second-order valence-corrected chi connectivity index (χ2v) is 6.76. The number of hydrogen-bond donors (Lipinski definition) is 0. The summed E-state index contributed by atoms with van der Waals surface area (Å²) < 4.78 is 16.4. The second-order valence-electron chi connectivity index (χ2n) is 6.76. The number of allylic oxidation sites excluding steroid dienone is 1. The highest BCUT2D eigenvalue weighted by Crippen LogP contribution is 2.27. The van der Waals surface area contributed by atoms with Crippen molar-refractivity contribution < 1.29 is 14.2 Å². The zero-order valence-corrected chi connectivity index (χ0v) is 16.9. The molecule has 1 unspecified atom stereocenters. The average molecular weight is 331 g/mol. The highest BCUT2D eigenvalue weighted by molar-refractivity contribution is 4.78. The van der Waals surface area contributed by atoms with Gasteiger partial charge in [0, 0.05) is 40.8 Å². The van der Waals surface area contributed by atoms with E-state index in [0.29, 0.717) is 5.92 Å². The Morgan fingerprint density at radius 3 is 1.91 bits per heavy atom. The van der Waals surface area contributed by atoms with Gasteiger partial charge in [-0.2, -0.15) is 0 Å². The van der Waals surface area contributed by atoms with Gasteiger partial charge in [0.05, 0.1) is 0 Å². The van der Waals surface area contributed by atoms with Crippen molar-refractivity contribution in [1.82, 2.24) is 0 Å². The fraction of sp³-hybridized carbons (Fsp3) is 0.900. The minimum atomic E-state index is -0.365. The summed E-state index contributed by atoms with van der Waals surface area (Å²) in [5.74, 6) is 0.345. The lowest BCUT2D eigenvalue weighted by Gasteiger charge is -2.31. The molecule has 0 aliphatic heterocycles. The number of ether oxygens (including phenoxy) is 3. The third-order valence-corrected chi connectivity index (χ3v) is 3.97. The van der Waals surface area contributed by atoms with Gasteiger partial charge in [-0.3, -0.25) is 0 Å². The molecule has 0 aliphatic rings. The summed E-state index contributed by atoms with van der Waals surface area (Å²) in [4.78, 5) is 0. The Balaban J connectivity index is 0. The van der Waals surface area contributed by atoms with Crippen LogP contribution in [0.1, 0.15) is 79.1 Å². The monoisotopic (exact) mass is 330 g/mol. The highest BCUT2D eigenvalue weighted by atomic mass is 16.7. The molecule has 0 rings (SSSR count). The number of unbranched alkanes of at least 4 members (excludes halogenated alkanes) is 2. The Kier molecular flexibility index (Phi) is 17.8. The van der Waals surface area contributed by atoms with Crippen molar-refractivity contribution in [3.8, 4) is 0 Å². The standard InChI is InChI=1S/C16H34O3.C4H8/c1-6-7-8-12-16(18-4,19-5)13-9-10-15(2)11-14-17-3;1-4(2)3/h15H,6-14H2,1-5H3;1H2,2-3H3. The van der Waals surface area contributed by atoms with Crippen LogP contribution >= 0.6 is 0 Å². The van der Waals surface area contributed by atoms with Crippen LogP contribution in [0.3, 0.4) is 0 Å². The highest BCUT2D eigenvalue weighted by Gasteiger charge is 2.28. The average Bonchev–Trinajstić information content (AvgIpc) is 2.51. The van der Waals surface area contributed by atoms with Crippen molar-refractivity contribution in [1.29, 1.82) is 0 Å². The Labute approximate surface area is 145 Å². The van der Waals surface area contributed by atoms with Crippen molar-refractivity contribution in [2.75, 3.05) is 27.9 Å². The van der Waals surface area contributed by atoms with Crippen molar-refractivity contribution in [3.63, 3.8) is 0 Å². The molecule has 0 aromatic rings. The van der Waals surface area contributed by atoms with Crippen LogP contribution < -0.4 is 0 Å². The minimum absolute atomic E-state index is 0.365. The molecule has 3 heteroatoms.